The van der Waals surface area contributed by atoms with Gasteiger partial charge >= 0.3 is 0 Å². The topological polar surface area (TPSA) is 85.3 Å². The van der Waals surface area contributed by atoms with Crippen molar-refractivity contribution in [3.8, 4) is 56.7 Å². The SMILES string of the molecule is c1ccc(C2=NC(c3ccc(-n4c5ccccc5c5cc(-c6ccc7c(c6)c6ccccc6n7-c6ccc(-c7nc(-c8ccccc8)nc(-c8ccccc8)n7)cc6)ccc54)cc3)NC(c3ccccc3)=N2)cc1. The number of nitrogens with zero attached hydrogens (tertiary/aromatic N) is 7. The van der Waals surface area contributed by atoms with Gasteiger partial charge in [0.15, 0.2) is 23.3 Å². The molecule has 0 amide bonds. The summed E-state index contributed by atoms with van der Waals surface area (Å²) in [6, 6.07) is 89.1. The standard InChI is InChI=1S/C66H44N8/c1-5-17-43(18-6-1)61-67-62(44-19-7-2-8-20-44)70-65(69-61)47-29-35-51(36-30-47)73-57-27-15-13-25-53(57)55-41-49(33-39-59(55)73)50-34-40-60-56(42-50)54-26-14-16-28-58(54)74(60)52-37-31-48(32-38-52)66-71-63(45-21-9-3-10-22-45)68-64(72-66)46-23-11-4-12-24-46/h1-42,65H,(H,67,69,70). The average Bonchev–Trinajstić information content (AvgIpc) is 4.02. The van der Waals surface area contributed by atoms with E-state index in [1.807, 2.05) is 97.1 Å². The van der Waals surface area contributed by atoms with Gasteiger partial charge in [-0.15, -0.1) is 0 Å². The van der Waals surface area contributed by atoms with E-state index >= 15 is 0 Å². The fourth-order valence-electron chi connectivity index (χ4n) is 10.4. The van der Waals surface area contributed by atoms with Gasteiger partial charge in [0.25, 0.3) is 0 Å². The average molecular weight is 949 g/mol. The second kappa shape index (κ2) is 18.0. The third-order valence-corrected chi connectivity index (χ3v) is 14.1. The van der Waals surface area contributed by atoms with E-state index in [4.69, 9.17) is 24.9 Å². The summed E-state index contributed by atoms with van der Waals surface area (Å²) >= 11 is 0. The van der Waals surface area contributed by atoms with Gasteiger partial charge in [0, 0.05) is 60.7 Å². The van der Waals surface area contributed by atoms with Crippen molar-refractivity contribution in [3.63, 3.8) is 0 Å². The lowest BCUT2D eigenvalue weighted by Crippen LogP contribution is -2.33. The van der Waals surface area contributed by atoms with E-state index < -0.39 is 0 Å². The molecule has 0 fully saturated rings. The fourth-order valence-corrected chi connectivity index (χ4v) is 10.4. The van der Waals surface area contributed by atoms with Crippen LogP contribution in [0.5, 0.6) is 0 Å². The summed E-state index contributed by atoms with van der Waals surface area (Å²) in [5, 5.41) is 8.41. The molecule has 0 aliphatic carbocycles. The summed E-state index contributed by atoms with van der Waals surface area (Å²) in [6.45, 7) is 0. The van der Waals surface area contributed by atoms with E-state index in [0.29, 0.717) is 23.3 Å². The van der Waals surface area contributed by atoms with Crippen molar-refractivity contribution in [2.45, 2.75) is 6.17 Å². The van der Waals surface area contributed by atoms with E-state index in [1.165, 1.54) is 21.5 Å². The van der Waals surface area contributed by atoms with Crippen LogP contribution in [0.25, 0.3) is 100 Å². The maximum atomic E-state index is 5.12. The molecule has 14 rings (SSSR count). The molecule has 0 saturated heterocycles. The number of hydrogen-bond donors (Lipinski definition) is 1. The molecule has 1 atom stereocenters. The third kappa shape index (κ3) is 7.61. The van der Waals surface area contributed by atoms with Gasteiger partial charge in [0.05, 0.1) is 22.1 Å². The smallest absolute Gasteiger partial charge is 0.164 e. The number of para-hydroxylation sites is 2. The Kier molecular flexibility index (Phi) is 10.4. The van der Waals surface area contributed by atoms with Gasteiger partial charge in [0.1, 0.15) is 12.0 Å². The first-order valence-electron chi connectivity index (χ1n) is 24.9. The Morgan fingerprint density at radius 2 is 0.689 bits per heavy atom. The fraction of sp³-hybridized carbons (Fsp3) is 0.0152. The predicted octanol–water partition coefficient (Wildman–Crippen LogP) is 15.2. The summed E-state index contributed by atoms with van der Waals surface area (Å²) in [4.78, 5) is 24.9. The Morgan fingerprint density at radius 1 is 0.311 bits per heavy atom. The number of nitrogens with one attached hydrogen (secondary N) is 1. The molecule has 1 aliphatic heterocycles. The van der Waals surface area contributed by atoms with Gasteiger partial charge in [-0.3, -0.25) is 0 Å². The van der Waals surface area contributed by atoms with Gasteiger partial charge in [-0.1, -0.05) is 182 Å². The van der Waals surface area contributed by atoms with Gasteiger partial charge in [-0.25, -0.2) is 24.9 Å². The van der Waals surface area contributed by atoms with Crippen molar-refractivity contribution in [3.05, 3.63) is 271 Å². The van der Waals surface area contributed by atoms with E-state index in [2.05, 4.69) is 172 Å². The molecule has 0 radical (unpaired) electrons. The Labute approximate surface area is 427 Å². The summed E-state index contributed by atoms with van der Waals surface area (Å²) in [6.07, 6.45) is -0.310. The summed E-state index contributed by atoms with van der Waals surface area (Å²) in [5.41, 5.74) is 14.9. The monoisotopic (exact) mass is 948 g/mol. The number of hydrogen-bond acceptors (Lipinski definition) is 6. The lowest BCUT2D eigenvalue weighted by molar-refractivity contribution is 0.674. The quantitative estimate of drug-likeness (QED) is 0.156. The molecule has 10 aromatic carbocycles. The molecule has 348 valence electrons. The molecule has 1 aliphatic rings. The lowest BCUT2D eigenvalue weighted by atomic mass is 10.0. The maximum Gasteiger partial charge on any atom is 0.164 e. The molecule has 0 spiro atoms. The Bertz CT molecular complexity index is 4240. The lowest BCUT2D eigenvalue weighted by Gasteiger charge is -2.24. The first-order valence-corrected chi connectivity index (χ1v) is 24.9. The molecule has 1 N–H and O–H groups in total. The van der Waals surface area contributed by atoms with Crippen LogP contribution in [0.3, 0.4) is 0 Å². The second-order valence-electron chi connectivity index (χ2n) is 18.5. The van der Waals surface area contributed by atoms with E-state index in [9.17, 15) is 0 Å². The number of benzene rings is 10. The van der Waals surface area contributed by atoms with Crippen molar-refractivity contribution in [1.82, 2.24) is 29.4 Å². The minimum absolute atomic E-state index is 0.310. The number of fused-ring (bicyclic) bond motifs is 6. The molecule has 0 saturated carbocycles. The number of aliphatic imine (C=N–C) groups is 2. The van der Waals surface area contributed by atoms with E-state index in [1.54, 1.807) is 0 Å². The molecule has 8 nitrogen and oxygen atoms in total. The molecule has 74 heavy (non-hydrogen) atoms. The number of rotatable bonds is 9. The minimum atomic E-state index is -0.310. The Balaban J connectivity index is 0.802. The molecule has 4 heterocycles. The Morgan fingerprint density at radius 3 is 1.18 bits per heavy atom. The molecule has 1 unspecified atom stereocenters. The normalized spacial score (nSPS) is 13.5. The van der Waals surface area contributed by atoms with Crippen LogP contribution < -0.4 is 5.32 Å². The van der Waals surface area contributed by atoms with Crippen LogP contribution in [0, 0.1) is 0 Å². The van der Waals surface area contributed by atoms with Crippen molar-refractivity contribution in [1.29, 1.82) is 0 Å². The minimum Gasteiger partial charge on any atom is -0.344 e. The molecule has 13 aromatic rings. The van der Waals surface area contributed by atoms with Crippen LogP contribution in [-0.4, -0.2) is 35.8 Å². The molecular weight excluding hydrogens is 905 g/mol. The van der Waals surface area contributed by atoms with E-state index in [0.717, 1.165) is 83.8 Å². The highest BCUT2D eigenvalue weighted by Gasteiger charge is 2.22. The Hall–Kier alpha value is -10.1. The third-order valence-electron chi connectivity index (χ3n) is 14.1. The summed E-state index contributed by atoms with van der Waals surface area (Å²) in [5.74, 6) is 3.42. The van der Waals surface area contributed by atoms with Crippen LogP contribution in [0.1, 0.15) is 22.9 Å². The molecule has 8 heteroatoms. The molecule has 0 bridgehead atoms. The molecule has 3 aromatic heterocycles. The zero-order valence-corrected chi connectivity index (χ0v) is 40.0. The van der Waals surface area contributed by atoms with Gasteiger partial charge in [0.2, 0.25) is 0 Å². The van der Waals surface area contributed by atoms with Crippen molar-refractivity contribution in [2.24, 2.45) is 9.98 Å². The van der Waals surface area contributed by atoms with Crippen LogP contribution in [0.2, 0.25) is 0 Å². The second-order valence-corrected chi connectivity index (χ2v) is 18.5. The number of amidine groups is 2. The number of aromatic nitrogens is 5. The van der Waals surface area contributed by atoms with Gasteiger partial charge in [-0.05, 0) is 89.5 Å². The maximum absolute atomic E-state index is 5.12. The van der Waals surface area contributed by atoms with Crippen LogP contribution in [0.15, 0.2) is 265 Å². The largest absolute Gasteiger partial charge is 0.344 e. The van der Waals surface area contributed by atoms with E-state index in [-0.39, 0.29) is 6.17 Å². The van der Waals surface area contributed by atoms with Crippen LogP contribution >= 0.6 is 0 Å². The summed E-state index contributed by atoms with van der Waals surface area (Å²) < 4.78 is 4.72. The first-order chi connectivity index (χ1) is 36.7. The van der Waals surface area contributed by atoms with Crippen LogP contribution in [0.4, 0.5) is 0 Å². The molecular formula is C66H44N8. The first kappa shape index (κ1) is 42.8. The van der Waals surface area contributed by atoms with Crippen molar-refractivity contribution >= 4 is 55.3 Å². The highest BCUT2D eigenvalue weighted by Crippen LogP contribution is 2.39. The zero-order chi connectivity index (χ0) is 49.0. The van der Waals surface area contributed by atoms with Crippen molar-refractivity contribution < 1.29 is 0 Å². The van der Waals surface area contributed by atoms with Crippen molar-refractivity contribution in [2.75, 3.05) is 0 Å². The van der Waals surface area contributed by atoms with Gasteiger partial charge in [-0.2, -0.15) is 0 Å². The van der Waals surface area contributed by atoms with Crippen LogP contribution in [-0.2, 0) is 0 Å². The van der Waals surface area contributed by atoms with Gasteiger partial charge < -0.3 is 14.5 Å². The zero-order valence-electron chi connectivity index (χ0n) is 40.0. The highest BCUT2D eigenvalue weighted by molar-refractivity contribution is 6.14. The predicted molar refractivity (Wildman–Crippen MR) is 302 cm³/mol. The highest BCUT2D eigenvalue weighted by atomic mass is 15.2. The summed E-state index contributed by atoms with van der Waals surface area (Å²) in [7, 11) is 0.